The van der Waals surface area contributed by atoms with Crippen molar-refractivity contribution in [2.24, 2.45) is 0 Å². The molecule has 1 saturated carbocycles. The van der Waals surface area contributed by atoms with E-state index in [4.69, 9.17) is 5.11 Å². The number of nitrogens with zero attached hydrogens (tertiary/aromatic N) is 1. The lowest BCUT2D eigenvalue weighted by atomic mass is 10.1. The number of carboxylic acids is 1. The van der Waals surface area contributed by atoms with E-state index in [9.17, 15) is 9.59 Å². The molecule has 1 aromatic heterocycles. The van der Waals surface area contributed by atoms with E-state index < -0.39 is 5.97 Å². The fourth-order valence-corrected chi connectivity index (χ4v) is 3.68. The molecule has 2 aromatic rings. The van der Waals surface area contributed by atoms with Crippen LogP contribution in [0.1, 0.15) is 51.5 Å². The molecule has 126 valence electrons. The summed E-state index contributed by atoms with van der Waals surface area (Å²) in [7, 11) is 0. The Balaban J connectivity index is 1.86. The molecule has 1 fully saturated rings. The number of aryl methyl sites for hydroxylation is 2. The molecule has 0 bridgehead atoms. The third-order valence-electron chi connectivity index (χ3n) is 4.58. The van der Waals surface area contributed by atoms with E-state index in [2.05, 4.69) is 22.0 Å². The summed E-state index contributed by atoms with van der Waals surface area (Å²) in [4.78, 5) is 23.5. The maximum atomic E-state index is 12.6. The lowest BCUT2D eigenvalue weighted by Crippen LogP contribution is -2.27. The molecular weight excluding hydrogens is 370 g/mol. The molecule has 0 atom stereocenters. The first kappa shape index (κ1) is 17.0. The summed E-state index contributed by atoms with van der Waals surface area (Å²) in [5, 5.41) is 9.63. The highest BCUT2D eigenvalue weighted by Gasteiger charge is 2.28. The third-order valence-corrected chi connectivity index (χ3v) is 5.11. The number of aromatic nitrogens is 1. The minimum atomic E-state index is -0.924. The zero-order chi connectivity index (χ0) is 17.3. The Labute approximate surface area is 149 Å². The lowest BCUT2D eigenvalue weighted by molar-refractivity contribution is 0.0697. The number of aromatic carboxylic acids is 1. The number of rotatable bonds is 6. The molecule has 0 unspecified atom stereocenters. The number of hydrogen-bond acceptors (Lipinski definition) is 2. The Morgan fingerprint density at radius 3 is 2.50 bits per heavy atom. The van der Waals surface area contributed by atoms with Gasteiger partial charge in [-0.05, 0) is 61.4 Å². The Morgan fingerprint density at radius 1 is 1.29 bits per heavy atom. The molecule has 1 aromatic carbocycles. The maximum Gasteiger partial charge on any atom is 0.335 e. The van der Waals surface area contributed by atoms with Gasteiger partial charge >= 0.3 is 5.97 Å². The normalized spacial score (nSPS) is 13.9. The van der Waals surface area contributed by atoms with Crippen molar-refractivity contribution in [2.75, 3.05) is 0 Å². The number of pyridine rings is 1. The molecule has 3 rings (SSSR count). The van der Waals surface area contributed by atoms with E-state index in [0.717, 1.165) is 16.8 Å². The van der Waals surface area contributed by atoms with Gasteiger partial charge in [0.2, 0.25) is 0 Å². The van der Waals surface area contributed by atoms with Gasteiger partial charge in [-0.3, -0.25) is 4.79 Å². The summed E-state index contributed by atoms with van der Waals surface area (Å²) in [6, 6.07) is 8.91. The van der Waals surface area contributed by atoms with Gasteiger partial charge in [-0.2, -0.15) is 0 Å². The molecule has 0 saturated heterocycles. The fraction of sp³-hybridized carbons (Fsp3) is 0.368. The van der Waals surface area contributed by atoms with Gasteiger partial charge in [0.05, 0.1) is 5.56 Å². The van der Waals surface area contributed by atoms with Crippen LogP contribution in [0, 0.1) is 6.92 Å². The maximum absolute atomic E-state index is 12.6. The van der Waals surface area contributed by atoms with E-state index in [0.29, 0.717) is 24.2 Å². The van der Waals surface area contributed by atoms with Gasteiger partial charge in [0.15, 0.2) is 0 Å². The summed E-state index contributed by atoms with van der Waals surface area (Å²) in [5.74, 6) is -0.329. The van der Waals surface area contributed by atoms with E-state index in [1.807, 2.05) is 23.6 Å². The second kappa shape index (κ2) is 6.93. The van der Waals surface area contributed by atoms with Crippen molar-refractivity contribution in [2.45, 2.75) is 44.0 Å². The molecule has 24 heavy (non-hydrogen) atoms. The van der Waals surface area contributed by atoms with E-state index in [-0.39, 0.29) is 11.1 Å². The molecule has 1 heterocycles. The van der Waals surface area contributed by atoms with Crippen LogP contribution in [0.3, 0.4) is 0 Å². The van der Waals surface area contributed by atoms with E-state index >= 15 is 0 Å². The van der Waals surface area contributed by atoms with Crippen LogP contribution >= 0.6 is 15.9 Å². The Hall–Kier alpha value is -1.88. The van der Waals surface area contributed by atoms with Crippen molar-refractivity contribution in [3.8, 4) is 0 Å². The molecule has 4 nitrogen and oxygen atoms in total. The molecule has 0 radical (unpaired) electrons. The van der Waals surface area contributed by atoms with Crippen LogP contribution in [0.25, 0.3) is 0 Å². The van der Waals surface area contributed by atoms with E-state index in [1.54, 1.807) is 12.1 Å². The molecule has 0 spiro atoms. The van der Waals surface area contributed by atoms with Crippen LogP contribution in [0.2, 0.25) is 0 Å². The van der Waals surface area contributed by atoms with Gasteiger partial charge in [0.1, 0.15) is 0 Å². The average Bonchev–Trinajstić information content (AvgIpc) is 3.41. The molecule has 0 aliphatic heterocycles. The monoisotopic (exact) mass is 389 g/mol. The molecule has 0 amide bonds. The van der Waals surface area contributed by atoms with E-state index in [1.165, 1.54) is 18.4 Å². The second-order valence-corrected chi connectivity index (χ2v) is 6.91. The number of carboxylic acid groups (broad SMARTS) is 1. The summed E-state index contributed by atoms with van der Waals surface area (Å²) < 4.78 is 1.88. The number of alkyl halides is 1. The topological polar surface area (TPSA) is 59.3 Å². The predicted molar refractivity (Wildman–Crippen MR) is 97.2 cm³/mol. The van der Waals surface area contributed by atoms with Gasteiger partial charge in [-0.1, -0.05) is 28.1 Å². The highest BCUT2D eigenvalue weighted by molar-refractivity contribution is 9.08. The first-order valence-electron chi connectivity index (χ1n) is 8.12. The summed E-state index contributed by atoms with van der Waals surface area (Å²) >= 11 is 3.54. The van der Waals surface area contributed by atoms with Crippen molar-refractivity contribution in [1.82, 2.24) is 4.57 Å². The van der Waals surface area contributed by atoms with Crippen LogP contribution in [0.5, 0.6) is 0 Å². The average molecular weight is 390 g/mol. The lowest BCUT2D eigenvalue weighted by Gasteiger charge is -2.17. The first-order chi connectivity index (χ1) is 11.5. The smallest absolute Gasteiger partial charge is 0.335 e. The van der Waals surface area contributed by atoms with Crippen LogP contribution in [0.4, 0.5) is 0 Å². The van der Waals surface area contributed by atoms with Gasteiger partial charge in [0, 0.05) is 23.1 Å². The molecule has 1 aliphatic carbocycles. The highest BCUT2D eigenvalue weighted by atomic mass is 79.9. The number of carbonyl (C=O) groups is 1. The Kier molecular flexibility index (Phi) is 4.90. The third kappa shape index (κ3) is 3.46. The van der Waals surface area contributed by atoms with Crippen LogP contribution in [0.15, 0.2) is 35.1 Å². The fourth-order valence-electron chi connectivity index (χ4n) is 3.06. The van der Waals surface area contributed by atoms with Gasteiger partial charge in [0.25, 0.3) is 5.56 Å². The minimum Gasteiger partial charge on any atom is -0.478 e. The predicted octanol–water partition coefficient (Wildman–Crippen LogP) is 3.87. The Bertz CT molecular complexity index is 820. The van der Waals surface area contributed by atoms with Crippen LogP contribution in [-0.2, 0) is 18.3 Å². The van der Waals surface area contributed by atoms with Gasteiger partial charge < -0.3 is 9.67 Å². The van der Waals surface area contributed by atoms with Gasteiger partial charge in [-0.25, -0.2) is 4.79 Å². The van der Waals surface area contributed by atoms with Crippen molar-refractivity contribution in [1.29, 1.82) is 0 Å². The molecule has 1 N–H and O–H groups in total. The highest BCUT2D eigenvalue weighted by Crippen LogP contribution is 2.42. The minimum absolute atomic E-state index is 0.0657. The van der Waals surface area contributed by atoms with Crippen molar-refractivity contribution in [3.05, 3.63) is 68.6 Å². The molecule has 1 aliphatic rings. The number of benzene rings is 1. The standard InChI is InChI=1S/C19H20BrNO3/c1-12-10-16(14-6-7-14)17(11-20)21(18(12)22)9-8-13-2-4-15(5-3-13)19(23)24/h2-5,10,14H,6-9,11H2,1H3,(H,23,24). The van der Waals surface area contributed by atoms with Gasteiger partial charge in [-0.15, -0.1) is 0 Å². The number of hydrogen-bond donors (Lipinski definition) is 1. The van der Waals surface area contributed by atoms with Crippen LogP contribution < -0.4 is 5.56 Å². The first-order valence-corrected chi connectivity index (χ1v) is 9.25. The molecule has 5 heteroatoms. The summed E-state index contributed by atoms with van der Waals surface area (Å²) in [6.45, 7) is 2.48. The summed E-state index contributed by atoms with van der Waals surface area (Å²) in [5.41, 5.74) is 4.55. The quantitative estimate of drug-likeness (QED) is 0.762. The zero-order valence-electron chi connectivity index (χ0n) is 13.6. The SMILES string of the molecule is Cc1cc(C2CC2)c(CBr)n(CCc2ccc(C(=O)O)cc2)c1=O. The Morgan fingerprint density at radius 2 is 1.96 bits per heavy atom. The summed E-state index contributed by atoms with van der Waals surface area (Å²) in [6.07, 6.45) is 3.11. The van der Waals surface area contributed by atoms with Crippen molar-refractivity contribution < 1.29 is 9.90 Å². The molecular formula is C19H20BrNO3. The van der Waals surface area contributed by atoms with Crippen molar-refractivity contribution >= 4 is 21.9 Å². The van der Waals surface area contributed by atoms with Crippen LogP contribution in [-0.4, -0.2) is 15.6 Å². The van der Waals surface area contributed by atoms with Crippen molar-refractivity contribution in [3.63, 3.8) is 0 Å². The zero-order valence-corrected chi connectivity index (χ0v) is 15.2. The number of halogens is 1. The largest absolute Gasteiger partial charge is 0.478 e. The second-order valence-electron chi connectivity index (χ2n) is 6.35.